The van der Waals surface area contributed by atoms with Crippen LogP contribution in [0.15, 0.2) is 33.8 Å². The minimum atomic E-state index is 0.142. The molecule has 0 saturated heterocycles. The minimum Gasteiger partial charge on any atom is -0.508 e. The fourth-order valence-corrected chi connectivity index (χ4v) is 2.51. The van der Waals surface area contributed by atoms with Gasteiger partial charge in [-0.1, -0.05) is 5.16 Å². The number of aliphatic imine (C=N–C) groups is 1. The van der Waals surface area contributed by atoms with Gasteiger partial charge in [0.25, 0.3) is 0 Å². The molecule has 24 heavy (non-hydrogen) atoms. The Morgan fingerprint density at radius 3 is 2.50 bits per heavy atom. The Morgan fingerprint density at radius 2 is 1.92 bits per heavy atom. The SMILES string of the molecule is Cc1noc(C)c1-c1n[nH]c(C)c1C(=Nc1ccc(O)cc1)NO. The highest BCUT2D eigenvalue weighted by molar-refractivity contribution is 6.05. The number of benzene rings is 1. The van der Waals surface area contributed by atoms with Gasteiger partial charge in [-0.15, -0.1) is 0 Å². The molecule has 0 aliphatic heterocycles. The number of hydrogen-bond donors (Lipinski definition) is 4. The number of nitrogens with zero attached hydrogens (tertiary/aromatic N) is 3. The van der Waals surface area contributed by atoms with Crippen LogP contribution in [0.25, 0.3) is 11.3 Å². The van der Waals surface area contributed by atoms with Crippen molar-refractivity contribution in [1.29, 1.82) is 0 Å². The van der Waals surface area contributed by atoms with Gasteiger partial charge in [-0.3, -0.25) is 15.8 Å². The van der Waals surface area contributed by atoms with Crippen molar-refractivity contribution >= 4 is 11.5 Å². The van der Waals surface area contributed by atoms with E-state index in [0.29, 0.717) is 28.4 Å². The second-order valence-corrected chi connectivity index (χ2v) is 5.36. The molecular weight excluding hydrogens is 310 g/mol. The molecule has 4 N–H and O–H groups in total. The maximum absolute atomic E-state index is 9.59. The molecule has 1 aromatic carbocycles. The number of aryl methyl sites for hydroxylation is 3. The van der Waals surface area contributed by atoms with Crippen LogP contribution >= 0.6 is 0 Å². The van der Waals surface area contributed by atoms with Gasteiger partial charge in [0.15, 0.2) is 5.84 Å². The molecule has 0 bridgehead atoms. The predicted molar refractivity (Wildman–Crippen MR) is 87.5 cm³/mol. The van der Waals surface area contributed by atoms with E-state index >= 15 is 0 Å². The molecule has 0 unspecified atom stereocenters. The summed E-state index contributed by atoms with van der Waals surface area (Å²) in [6, 6.07) is 6.31. The average Bonchev–Trinajstić information content (AvgIpc) is 3.09. The first kappa shape index (κ1) is 15.8. The van der Waals surface area contributed by atoms with Crippen LogP contribution in [0, 0.1) is 20.8 Å². The Morgan fingerprint density at radius 1 is 1.21 bits per heavy atom. The molecule has 0 fully saturated rings. The van der Waals surface area contributed by atoms with Gasteiger partial charge in [-0.05, 0) is 45.0 Å². The molecule has 2 heterocycles. The summed E-state index contributed by atoms with van der Waals surface area (Å²) in [6.07, 6.45) is 0. The second kappa shape index (κ2) is 6.17. The number of aromatic hydroxyl groups is 1. The molecule has 0 spiro atoms. The molecule has 8 heteroatoms. The van der Waals surface area contributed by atoms with Crippen molar-refractivity contribution < 1.29 is 14.8 Å². The van der Waals surface area contributed by atoms with Crippen LogP contribution in [-0.2, 0) is 0 Å². The lowest BCUT2D eigenvalue weighted by Crippen LogP contribution is -2.21. The summed E-state index contributed by atoms with van der Waals surface area (Å²) in [5.74, 6) is 0.993. The van der Waals surface area contributed by atoms with Gasteiger partial charge in [0.2, 0.25) is 0 Å². The van der Waals surface area contributed by atoms with Crippen molar-refractivity contribution in [3.8, 4) is 17.0 Å². The van der Waals surface area contributed by atoms with Crippen molar-refractivity contribution in [1.82, 2.24) is 20.8 Å². The highest BCUT2D eigenvalue weighted by Crippen LogP contribution is 2.30. The third-order valence-corrected chi connectivity index (χ3v) is 3.65. The largest absolute Gasteiger partial charge is 0.508 e. The van der Waals surface area contributed by atoms with Crippen molar-refractivity contribution in [2.24, 2.45) is 4.99 Å². The third kappa shape index (κ3) is 2.74. The van der Waals surface area contributed by atoms with Gasteiger partial charge in [0.05, 0.1) is 22.5 Å². The van der Waals surface area contributed by atoms with Gasteiger partial charge in [0.1, 0.15) is 17.2 Å². The predicted octanol–water partition coefficient (Wildman–Crippen LogP) is 2.75. The summed E-state index contributed by atoms with van der Waals surface area (Å²) < 4.78 is 5.20. The summed E-state index contributed by atoms with van der Waals surface area (Å²) in [5, 5.41) is 30.1. The monoisotopic (exact) mass is 327 g/mol. The van der Waals surface area contributed by atoms with E-state index in [4.69, 9.17) is 4.52 Å². The lowest BCUT2D eigenvalue weighted by molar-refractivity contribution is 0.235. The normalized spacial score (nSPS) is 11.8. The summed E-state index contributed by atoms with van der Waals surface area (Å²) in [6.45, 7) is 5.45. The molecule has 124 valence electrons. The number of hydroxylamine groups is 1. The molecule has 0 saturated carbocycles. The third-order valence-electron chi connectivity index (χ3n) is 3.65. The van der Waals surface area contributed by atoms with Crippen LogP contribution in [-0.4, -0.2) is 31.5 Å². The van der Waals surface area contributed by atoms with E-state index in [1.54, 1.807) is 19.1 Å². The van der Waals surface area contributed by atoms with Crippen molar-refractivity contribution in [2.45, 2.75) is 20.8 Å². The van der Waals surface area contributed by atoms with Crippen LogP contribution in [0.1, 0.15) is 22.7 Å². The molecule has 3 aromatic rings. The number of amidine groups is 1. The van der Waals surface area contributed by atoms with Crippen LogP contribution < -0.4 is 5.48 Å². The number of aromatic amines is 1. The van der Waals surface area contributed by atoms with Crippen LogP contribution in [0.4, 0.5) is 5.69 Å². The summed E-state index contributed by atoms with van der Waals surface area (Å²) in [5.41, 5.74) is 6.06. The molecular formula is C16H17N5O3. The highest BCUT2D eigenvalue weighted by atomic mass is 16.5. The zero-order chi connectivity index (χ0) is 17.3. The molecule has 0 aliphatic carbocycles. The Balaban J connectivity index is 2.14. The number of nitrogens with one attached hydrogen (secondary N) is 2. The highest BCUT2D eigenvalue weighted by Gasteiger charge is 2.23. The summed E-state index contributed by atoms with van der Waals surface area (Å²) in [4.78, 5) is 4.38. The van der Waals surface area contributed by atoms with E-state index in [-0.39, 0.29) is 11.6 Å². The fourth-order valence-electron chi connectivity index (χ4n) is 2.51. The van der Waals surface area contributed by atoms with Crippen LogP contribution in [0.5, 0.6) is 5.75 Å². The number of hydrogen-bond acceptors (Lipinski definition) is 6. The Bertz CT molecular complexity index is 874. The van der Waals surface area contributed by atoms with E-state index in [1.807, 2.05) is 13.8 Å². The topological polar surface area (TPSA) is 120 Å². The smallest absolute Gasteiger partial charge is 0.161 e. The molecule has 0 aliphatic rings. The first-order chi connectivity index (χ1) is 11.5. The molecule has 2 aromatic heterocycles. The summed E-state index contributed by atoms with van der Waals surface area (Å²) in [7, 11) is 0. The quantitative estimate of drug-likeness (QED) is 0.333. The maximum Gasteiger partial charge on any atom is 0.161 e. The molecule has 0 atom stereocenters. The van der Waals surface area contributed by atoms with Gasteiger partial charge >= 0.3 is 0 Å². The van der Waals surface area contributed by atoms with Gasteiger partial charge < -0.3 is 9.63 Å². The van der Waals surface area contributed by atoms with Crippen molar-refractivity contribution in [3.63, 3.8) is 0 Å². The molecule has 8 nitrogen and oxygen atoms in total. The number of H-pyrrole nitrogens is 1. The zero-order valence-electron chi connectivity index (χ0n) is 13.5. The lowest BCUT2D eigenvalue weighted by Gasteiger charge is -2.07. The van der Waals surface area contributed by atoms with E-state index in [9.17, 15) is 10.3 Å². The van der Waals surface area contributed by atoms with E-state index in [0.717, 1.165) is 11.3 Å². The van der Waals surface area contributed by atoms with Gasteiger partial charge in [-0.25, -0.2) is 4.99 Å². The fraction of sp³-hybridized carbons (Fsp3) is 0.188. The van der Waals surface area contributed by atoms with E-state index in [1.165, 1.54) is 12.1 Å². The molecule has 0 radical (unpaired) electrons. The zero-order valence-corrected chi connectivity index (χ0v) is 13.5. The summed E-state index contributed by atoms with van der Waals surface area (Å²) >= 11 is 0. The molecule has 0 amide bonds. The Hall–Kier alpha value is -3.13. The minimum absolute atomic E-state index is 0.142. The number of phenolic OH excluding ortho intramolecular Hbond substituents is 1. The van der Waals surface area contributed by atoms with Crippen molar-refractivity contribution in [2.75, 3.05) is 0 Å². The number of phenols is 1. The van der Waals surface area contributed by atoms with E-state index < -0.39 is 0 Å². The first-order valence-corrected chi connectivity index (χ1v) is 7.27. The number of rotatable bonds is 3. The first-order valence-electron chi connectivity index (χ1n) is 7.27. The van der Waals surface area contributed by atoms with Crippen LogP contribution in [0.2, 0.25) is 0 Å². The Kier molecular flexibility index (Phi) is 4.05. The number of aromatic nitrogens is 3. The maximum atomic E-state index is 9.59. The average molecular weight is 327 g/mol. The lowest BCUT2D eigenvalue weighted by atomic mass is 10.0. The standard InChI is InChI=1S/C16H17N5O3/c1-8-14(15(19-18-8)13-9(2)21-24-10(13)3)16(20-23)17-11-4-6-12(22)7-5-11/h4-7,22-23H,1-3H3,(H,17,20)(H,18,19). The van der Waals surface area contributed by atoms with Gasteiger partial charge in [0, 0.05) is 5.69 Å². The van der Waals surface area contributed by atoms with Gasteiger partial charge in [-0.2, -0.15) is 5.10 Å². The second-order valence-electron chi connectivity index (χ2n) is 5.36. The Labute approximate surface area is 137 Å². The molecule has 3 rings (SSSR count). The van der Waals surface area contributed by atoms with Crippen LogP contribution in [0.3, 0.4) is 0 Å². The van der Waals surface area contributed by atoms with Crippen molar-refractivity contribution in [3.05, 3.63) is 47.0 Å². The van der Waals surface area contributed by atoms with E-state index in [2.05, 4.69) is 25.8 Å².